The van der Waals surface area contributed by atoms with Crippen molar-refractivity contribution in [2.75, 3.05) is 6.61 Å². The van der Waals surface area contributed by atoms with Crippen molar-refractivity contribution in [3.63, 3.8) is 0 Å². The molecule has 0 bridgehead atoms. The molecular formula is C17H18F6O3. The van der Waals surface area contributed by atoms with Crippen LogP contribution >= 0.6 is 0 Å². The predicted octanol–water partition coefficient (Wildman–Crippen LogP) is 5.01. The van der Waals surface area contributed by atoms with Gasteiger partial charge in [0.25, 0.3) is 5.60 Å². The van der Waals surface area contributed by atoms with Crippen LogP contribution < -0.4 is 0 Å². The molecule has 0 saturated carbocycles. The van der Waals surface area contributed by atoms with Gasteiger partial charge in [0.15, 0.2) is 0 Å². The maximum absolute atomic E-state index is 13.5. The summed E-state index contributed by atoms with van der Waals surface area (Å²) in [4.78, 5) is 11.6. The number of alkyl halides is 6. The minimum Gasteiger partial charge on any atom is -0.458 e. The third kappa shape index (κ3) is 4.78. The molecule has 0 unspecified atom stereocenters. The lowest BCUT2D eigenvalue weighted by atomic mass is 9.91. The van der Waals surface area contributed by atoms with Crippen LogP contribution in [0, 0.1) is 0 Å². The summed E-state index contributed by atoms with van der Waals surface area (Å²) >= 11 is 0. The number of carbonyl (C=O) groups is 1. The standard InChI is InChI=1S/C17H18F6O3/c1-5-11-6-8-12(9-7-11)15(16(18,19)20,17(21,22)23)25-10-13(24)26-14(2,3)4/h5-9H,1,10H2,2-4H3. The molecule has 1 aromatic carbocycles. The van der Waals surface area contributed by atoms with E-state index >= 15 is 0 Å². The third-order valence-electron chi connectivity index (χ3n) is 3.18. The van der Waals surface area contributed by atoms with Crippen molar-refractivity contribution in [2.24, 2.45) is 0 Å². The molecular weight excluding hydrogens is 366 g/mol. The van der Waals surface area contributed by atoms with Crippen molar-refractivity contribution < 1.29 is 40.6 Å². The van der Waals surface area contributed by atoms with E-state index in [1.165, 1.54) is 26.8 Å². The van der Waals surface area contributed by atoms with Gasteiger partial charge in [0, 0.05) is 5.56 Å². The summed E-state index contributed by atoms with van der Waals surface area (Å²) in [6.07, 6.45) is -10.5. The van der Waals surface area contributed by atoms with Crippen LogP contribution in [0.3, 0.4) is 0 Å². The third-order valence-corrected chi connectivity index (χ3v) is 3.18. The van der Waals surface area contributed by atoms with E-state index in [1.54, 1.807) is 0 Å². The number of esters is 1. The Kier molecular flexibility index (Phi) is 6.18. The molecule has 0 aliphatic carbocycles. The number of ether oxygens (including phenoxy) is 2. The smallest absolute Gasteiger partial charge is 0.430 e. The normalized spacial score (nSPS) is 13.4. The zero-order valence-corrected chi connectivity index (χ0v) is 14.3. The van der Waals surface area contributed by atoms with Crippen LogP contribution in [0.5, 0.6) is 0 Å². The molecule has 0 spiro atoms. The fraction of sp³-hybridized carbons (Fsp3) is 0.471. The Bertz CT molecular complexity index is 624. The topological polar surface area (TPSA) is 35.5 Å². The van der Waals surface area contributed by atoms with Gasteiger partial charge in [0.05, 0.1) is 0 Å². The summed E-state index contributed by atoms with van der Waals surface area (Å²) in [7, 11) is 0. The number of rotatable bonds is 5. The summed E-state index contributed by atoms with van der Waals surface area (Å²) in [5, 5.41) is 0. The molecule has 0 aliphatic heterocycles. The van der Waals surface area contributed by atoms with E-state index in [0.29, 0.717) is 17.7 Å². The Morgan fingerprint density at radius 1 is 1.00 bits per heavy atom. The minimum atomic E-state index is -5.87. The molecule has 3 nitrogen and oxygen atoms in total. The van der Waals surface area contributed by atoms with Gasteiger partial charge in [-0.1, -0.05) is 36.9 Å². The molecule has 26 heavy (non-hydrogen) atoms. The Morgan fingerprint density at radius 2 is 1.46 bits per heavy atom. The van der Waals surface area contributed by atoms with Gasteiger partial charge in [0.1, 0.15) is 12.2 Å². The Hall–Kier alpha value is -2.03. The molecule has 1 rings (SSSR count). The highest BCUT2D eigenvalue weighted by Crippen LogP contribution is 2.53. The largest absolute Gasteiger partial charge is 0.458 e. The average Bonchev–Trinajstić information content (AvgIpc) is 2.43. The number of halogens is 6. The molecule has 0 N–H and O–H groups in total. The van der Waals surface area contributed by atoms with Crippen molar-refractivity contribution in [1.29, 1.82) is 0 Å². The maximum Gasteiger partial charge on any atom is 0.430 e. The first-order chi connectivity index (χ1) is 11.6. The molecule has 146 valence electrons. The van der Waals surface area contributed by atoms with Crippen LogP contribution in [0.1, 0.15) is 31.9 Å². The van der Waals surface area contributed by atoms with Crippen LogP contribution in [-0.4, -0.2) is 30.5 Å². The molecule has 0 fully saturated rings. The summed E-state index contributed by atoms with van der Waals surface area (Å²) < 4.78 is 90.0. The highest BCUT2D eigenvalue weighted by atomic mass is 19.4. The molecule has 0 aromatic heterocycles. The zero-order chi connectivity index (χ0) is 20.4. The van der Waals surface area contributed by atoms with E-state index < -0.39 is 41.7 Å². The van der Waals surface area contributed by atoms with Crippen molar-refractivity contribution in [3.05, 3.63) is 42.0 Å². The van der Waals surface area contributed by atoms with E-state index in [2.05, 4.69) is 11.3 Å². The average molecular weight is 384 g/mol. The number of hydrogen-bond donors (Lipinski definition) is 0. The van der Waals surface area contributed by atoms with Gasteiger partial charge in [-0.05, 0) is 26.3 Å². The van der Waals surface area contributed by atoms with E-state index in [4.69, 9.17) is 4.74 Å². The van der Waals surface area contributed by atoms with Crippen molar-refractivity contribution in [3.8, 4) is 0 Å². The molecule has 0 atom stereocenters. The van der Waals surface area contributed by atoms with Crippen LogP contribution in [0.25, 0.3) is 6.08 Å². The number of carbonyl (C=O) groups excluding carboxylic acids is 1. The number of benzene rings is 1. The highest BCUT2D eigenvalue weighted by Gasteiger charge is 2.73. The van der Waals surface area contributed by atoms with Gasteiger partial charge >= 0.3 is 18.3 Å². The molecule has 9 heteroatoms. The second-order valence-electron chi connectivity index (χ2n) is 6.38. The van der Waals surface area contributed by atoms with Gasteiger partial charge in [-0.3, -0.25) is 0 Å². The van der Waals surface area contributed by atoms with Crippen molar-refractivity contribution in [2.45, 2.75) is 44.3 Å². The first-order valence-corrected chi connectivity index (χ1v) is 7.36. The van der Waals surface area contributed by atoms with Crippen LogP contribution in [0.4, 0.5) is 26.3 Å². The summed E-state index contributed by atoms with van der Waals surface area (Å²) in [5.41, 5.74) is -6.65. The number of hydrogen-bond acceptors (Lipinski definition) is 3. The van der Waals surface area contributed by atoms with Crippen LogP contribution in [0.15, 0.2) is 30.8 Å². The molecule has 0 saturated heterocycles. The highest BCUT2D eigenvalue weighted by molar-refractivity contribution is 5.71. The summed E-state index contributed by atoms with van der Waals surface area (Å²) in [6, 6.07) is 3.33. The summed E-state index contributed by atoms with van der Waals surface area (Å²) in [5.74, 6) is -1.35. The SMILES string of the molecule is C=Cc1ccc(C(OCC(=O)OC(C)(C)C)(C(F)(F)F)C(F)(F)F)cc1. The van der Waals surface area contributed by atoms with Crippen molar-refractivity contribution in [1.82, 2.24) is 0 Å². The molecule has 0 amide bonds. The summed E-state index contributed by atoms with van der Waals surface area (Å²) in [6.45, 7) is 6.10. The van der Waals surface area contributed by atoms with Gasteiger partial charge < -0.3 is 9.47 Å². The quantitative estimate of drug-likeness (QED) is 0.529. The predicted molar refractivity (Wildman–Crippen MR) is 82.1 cm³/mol. The zero-order valence-electron chi connectivity index (χ0n) is 14.3. The maximum atomic E-state index is 13.5. The second kappa shape index (κ2) is 7.30. The van der Waals surface area contributed by atoms with E-state index in [9.17, 15) is 31.1 Å². The molecule has 0 radical (unpaired) electrons. The van der Waals surface area contributed by atoms with Gasteiger partial charge in [-0.2, -0.15) is 26.3 Å². The van der Waals surface area contributed by atoms with Crippen LogP contribution in [0.2, 0.25) is 0 Å². The van der Waals surface area contributed by atoms with Gasteiger partial charge in [-0.25, -0.2) is 4.79 Å². The first-order valence-electron chi connectivity index (χ1n) is 7.36. The van der Waals surface area contributed by atoms with E-state index in [-0.39, 0.29) is 0 Å². The molecule has 0 aliphatic rings. The van der Waals surface area contributed by atoms with E-state index in [0.717, 1.165) is 12.1 Å². The second-order valence-corrected chi connectivity index (χ2v) is 6.38. The van der Waals surface area contributed by atoms with Gasteiger partial charge in [-0.15, -0.1) is 0 Å². The van der Waals surface area contributed by atoms with Crippen LogP contribution in [-0.2, 0) is 19.9 Å². The lowest BCUT2D eigenvalue weighted by molar-refractivity contribution is -0.388. The van der Waals surface area contributed by atoms with Gasteiger partial charge in [0.2, 0.25) is 0 Å². The Morgan fingerprint density at radius 3 is 1.81 bits per heavy atom. The Balaban J connectivity index is 3.36. The lowest BCUT2D eigenvalue weighted by Crippen LogP contribution is -2.56. The van der Waals surface area contributed by atoms with Crippen molar-refractivity contribution >= 4 is 12.0 Å². The molecule has 0 heterocycles. The fourth-order valence-electron chi connectivity index (χ4n) is 2.13. The molecule has 1 aromatic rings. The lowest BCUT2D eigenvalue weighted by Gasteiger charge is -2.37. The Labute approximate surface area is 146 Å². The fourth-order valence-corrected chi connectivity index (χ4v) is 2.13. The monoisotopic (exact) mass is 384 g/mol. The minimum absolute atomic E-state index is 0.319. The van der Waals surface area contributed by atoms with E-state index in [1.807, 2.05) is 0 Å². The first kappa shape index (κ1) is 22.0.